The lowest BCUT2D eigenvalue weighted by molar-refractivity contribution is 0.310. The third-order valence-corrected chi connectivity index (χ3v) is 4.79. The predicted octanol–water partition coefficient (Wildman–Crippen LogP) is 4.27. The minimum atomic E-state index is 0.0182. The van der Waals surface area contributed by atoms with Gasteiger partial charge in [0, 0.05) is 22.9 Å². The van der Waals surface area contributed by atoms with Crippen molar-refractivity contribution in [1.82, 2.24) is 0 Å². The molecule has 1 aromatic heterocycles. The maximum Gasteiger partial charge on any atom is 0.196 e. The smallest absolute Gasteiger partial charge is 0.196 e. The van der Waals surface area contributed by atoms with Gasteiger partial charge >= 0.3 is 0 Å². The van der Waals surface area contributed by atoms with Crippen LogP contribution in [0.1, 0.15) is 30.2 Å². The Morgan fingerprint density at radius 1 is 1.22 bits per heavy atom. The van der Waals surface area contributed by atoms with Gasteiger partial charge in [-0.15, -0.1) is 0 Å². The van der Waals surface area contributed by atoms with Crippen molar-refractivity contribution in [3.63, 3.8) is 0 Å². The molecule has 1 aliphatic carbocycles. The quantitative estimate of drug-likeness (QED) is 0.701. The molecular formula is C22H21NO4. The lowest BCUT2D eigenvalue weighted by Gasteiger charge is -2.12. The van der Waals surface area contributed by atoms with Crippen molar-refractivity contribution in [2.45, 2.75) is 19.8 Å². The van der Waals surface area contributed by atoms with E-state index in [2.05, 4.69) is 0 Å². The summed E-state index contributed by atoms with van der Waals surface area (Å²) in [6.45, 7) is 2.49. The third kappa shape index (κ3) is 2.95. The van der Waals surface area contributed by atoms with Gasteiger partial charge in [-0.3, -0.25) is 4.79 Å². The average Bonchev–Trinajstić information content (AvgIpc) is 3.05. The molecule has 0 radical (unpaired) electrons. The van der Waals surface area contributed by atoms with Crippen molar-refractivity contribution >= 4 is 28.3 Å². The van der Waals surface area contributed by atoms with Crippen LogP contribution in [0.4, 0.5) is 5.69 Å². The Labute approximate surface area is 157 Å². The number of hydrogen-bond acceptors (Lipinski definition) is 5. The maximum absolute atomic E-state index is 12.8. The number of hydrogen-bond donors (Lipinski definition) is 1. The van der Waals surface area contributed by atoms with E-state index < -0.39 is 0 Å². The highest BCUT2D eigenvalue weighted by atomic mass is 16.5. The average molecular weight is 363 g/mol. The largest absolute Gasteiger partial charge is 0.492 e. The second kappa shape index (κ2) is 6.83. The topological polar surface area (TPSA) is 74.7 Å². The molecule has 1 heterocycles. The molecule has 0 amide bonds. The highest BCUT2D eigenvalue weighted by molar-refractivity contribution is 5.89. The lowest BCUT2D eigenvalue weighted by atomic mass is 10.1. The molecule has 0 fully saturated rings. The van der Waals surface area contributed by atoms with Crippen LogP contribution < -0.4 is 20.6 Å². The van der Waals surface area contributed by atoms with Crippen LogP contribution in [0.2, 0.25) is 0 Å². The zero-order valence-corrected chi connectivity index (χ0v) is 15.4. The number of nitrogens with two attached hydrogens (primary N) is 1. The van der Waals surface area contributed by atoms with Gasteiger partial charge in [0.05, 0.1) is 19.1 Å². The Hall–Kier alpha value is -3.21. The van der Waals surface area contributed by atoms with Gasteiger partial charge in [0.25, 0.3) is 0 Å². The van der Waals surface area contributed by atoms with Gasteiger partial charge in [-0.05, 0) is 49.6 Å². The summed E-state index contributed by atoms with van der Waals surface area (Å²) in [5, 5.41) is 0.570. The Balaban J connectivity index is 1.87. The van der Waals surface area contributed by atoms with E-state index in [4.69, 9.17) is 19.6 Å². The van der Waals surface area contributed by atoms with Crippen LogP contribution in [0, 0.1) is 0 Å². The van der Waals surface area contributed by atoms with Crippen molar-refractivity contribution in [2.24, 2.45) is 0 Å². The van der Waals surface area contributed by atoms with E-state index >= 15 is 0 Å². The summed E-state index contributed by atoms with van der Waals surface area (Å²) in [6.07, 6.45) is 3.41. The Morgan fingerprint density at radius 2 is 2.07 bits per heavy atom. The van der Waals surface area contributed by atoms with E-state index in [0.29, 0.717) is 46.9 Å². The fourth-order valence-electron chi connectivity index (χ4n) is 3.57. The highest BCUT2D eigenvalue weighted by Gasteiger charge is 2.24. The number of nitrogen functional groups attached to an aromatic ring is 1. The normalized spacial score (nSPS) is 14.5. The minimum Gasteiger partial charge on any atom is -0.492 e. The molecule has 5 heteroatoms. The molecule has 0 aliphatic heterocycles. The molecule has 27 heavy (non-hydrogen) atoms. The Morgan fingerprint density at radius 3 is 2.85 bits per heavy atom. The number of rotatable bonds is 4. The molecule has 4 rings (SSSR count). The van der Waals surface area contributed by atoms with Crippen LogP contribution in [0.3, 0.4) is 0 Å². The van der Waals surface area contributed by atoms with E-state index in [0.717, 1.165) is 23.1 Å². The highest BCUT2D eigenvalue weighted by Crippen LogP contribution is 2.38. The fraction of sp³-hybridized carbons (Fsp3) is 0.227. The molecule has 0 spiro atoms. The molecule has 0 saturated carbocycles. The zero-order chi connectivity index (χ0) is 19.0. The van der Waals surface area contributed by atoms with Crippen molar-refractivity contribution < 1.29 is 13.9 Å². The molecule has 138 valence electrons. The molecule has 0 saturated heterocycles. The summed E-state index contributed by atoms with van der Waals surface area (Å²) in [6, 6.07) is 10.9. The number of para-hydroxylation sites is 1. The summed E-state index contributed by atoms with van der Waals surface area (Å²) in [5.74, 6) is 2.01. The molecule has 0 bridgehead atoms. The first-order chi connectivity index (χ1) is 13.1. The zero-order valence-electron chi connectivity index (χ0n) is 15.4. The van der Waals surface area contributed by atoms with E-state index in [9.17, 15) is 4.79 Å². The number of fused-ring (bicyclic) bond motifs is 2. The van der Waals surface area contributed by atoms with Crippen LogP contribution >= 0.6 is 0 Å². The number of ether oxygens (including phenoxy) is 2. The van der Waals surface area contributed by atoms with Crippen molar-refractivity contribution in [1.29, 1.82) is 0 Å². The van der Waals surface area contributed by atoms with Crippen LogP contribution in [-0.2, 0) is 6.42 Å². The van der Waals surface area contributed by atoms with Crippen LogP contribution in [0.15, 0.2) is 45.6 Å². The van der Waals surface area contributed by atoms with E-state index in [1.54, 1.807) is 25.3 Å². The maximum atomic E-state index is 12.8. The SMILES string of the molecule is CCOc1cccc(C=C2CCc3c2oc2cc(N)ccc2c3=O)c1OC. The summed E-state index contributed by atoms with van der Waals surface area (Å²) < 4.78 is 17.3. The monoisotopic (exact) mass is 363 g/mol. The fourth-order valence-corrected chi connectivity index (χ4v) is 3.57. The molecule has 1 aliphatic rings. The van der Waals surface area contributed by atoms with Gasteiger partial charge in [0.15, 0.2) is 16.9 Å². The Kier molecular flexibility index (Phi) is 4.36. The molecule has 5 nitrogen and oxygen atoms in total. The summed E-state index contributed by atoms with van der Waals surface area (Å²) in [7, 11) is 1.62. The predicted molar refractivity (Wildman–Crippen MR) is 107 cm³/mol. The minimum absolute atomic E-state index is 0.0182. The van der Waals surface area contributed by atoms with Gasteiger partial charge in [-0.1, -0.05) is 12.1 Å². The second-order valence-corrected chi connectivity index (χ2v) is 6.48. The lowest BCUT2D eigenvalue weighted by Crippen LogP contribution is -2.08. The van der Waals surface area contributed by atoms with Crippen molar-refractivity contribution in [2.75, 3.05) is 19.5 Å². The third-order valence-electron chi connectivity index (χ3n) is 4.79. The molecule has 0 atom stereocenters. The van der Waals surface area contributed by atoms with Crippen LogP contribution in [0.5, 0.6) is 11.5 Å². The van der Waals surface area contributed by atoms with Crippen molar-refractivity contribution in [3.8, 4) is 11.5 Å². The second-order valence-electron chi connectivity index (χ2n) is 6.48. The molecule has 2 aromatic carbocycles. The molecule has 2 N–H and O–H groups in total. The van der Waals surface area contributed by atoms with Crippen LogP contribution in [0.25, 0.3) is 22.6 Å². The summed E-state index contributed by atoms with van der Waals surface area (Å²) >= 11 is 0. The molecule has 3 aromatic rings. The van der Waals surface area contributed by atoms with Gasteiger partial charge < -0.3 is 19.6 Å². The Bertz CT molecular complexity index is 1110. The van der Waals surface area contributed by atoms with E-state index in [1.807, 2.05) is 31.2 Å². The van der Waals surface area contributed by atoms with E-state index in [1.165, 1.54) is 0 Å². The number of allylic oxidation sites excluding steroid dienone is 1. The molecular weight excluding hydrogens is 342 g/mol. The number of methoxy groups -OCH3 is 1. The first-order valence-corrected chi connectivity index (χ1v) is 8.98. The summed E-state index contributed by atoms with van der Waals surface area (Å²) in [5.41, 5.74) is 9.54. The first kappa shape index (κ1) is 17.2. The van der Waals surface area contributed by atoms with Gasteiger partial charge in [-0.25, -0.2) is 0 Å². The van der Waals surface area contributed by atoms with Gasteiger partial charge in [0.2, 0.25) is 0 Å². The van der Waals surface area contributed by atoms with Gasteiger partial charge in [-0.2, -0.15) is 0 Å². The standard InChI is InChI=1S/C22H21NO4/c1-3-26-18-6-4-5-13(22(18)25-2)11-14-7-9-17-20(24)16-10-8-15(23)12-19(16)27-21(14)17/h4-6,8,10-12H,3,7,9,23H2,1-2H3. The van der Waals surface area contributed by atoms with E-state index in [-0.39, 0.29) is 5.43 Å². The molecule has 0 unspecified atom stereocenters. The van der Waals surface area contributed by atoms with Crippen LogP contribution in [-0.4, -0.2) is 13.7 Å². The number of benzene rings is 2. The number of anilines is 1. The first-order valence-electron chi connectivity index (χ1n) is 8.98. The van der Waals surface area contributed by atoms with Crippen molar-refractivity contribution in [3.05, 3.63) is 63.5 Å². The summed E-state index contributed by atoms with van der Waals surface area (Å²) in [4.78, 5) is 12.8. The van der Waals surface area contributed by atoms with Gasteiger partial charge in [0.1, 0.15) is 11.3 Å².